The molecule has 0 radical (unpaired) electrons. The first-order chi connectivity index (χ1) is 8.99. The Labute approximate surface area is 117 Å². The van der Waals surface area contributed by atoms with Crippen molar-refractivity contribution in [3.63, 3.8) is 0 Å². The molecule has 3 nitrogen and oxygen atoms in total. The van der Waals surface area contributed by atoms with Gasteiger partial charge in [0.25, 0.3) is 0 Å². The van der Waals surface area contributed by atoms with E-state index in [4.69, 9.17) is 0 Å². The molecule has 0 aliphatic carbocycles. The predicted molar refractivity (Wildman–Crippen MR) is 81.5 cm³/mol. The molecule has 0 spiro atoms. The minimum atomic E-state index is 0.136. The summed E-state index contributed by atoms with van der Waals surface area (Å²) in [6, 6.07) is 5.10. The SMILES string of the molecule is CCC1CCCN1c1ccnc(CNC(C)(C)C)c1. The van der Waals surface area contributed by atoms with Gasteiger partial charge in [-0.1, -0.05) is 6.92 Å². The minimum absolute atomic E-state index is 0.136. The predicted octanol–water partition coefficient (Wildman–Crippen LogP) is 3.35. The van der Waals surface area contributed by atoms with Crippen LogP contribution in [0.25, 0.3) is 0 Å². The number of hydrogen-bond acceptors (Lipinski definition) is 3. The van der Waals surface area contributed by atoms with E-state index in [9.17, 15) is 0 Å². The van der Waals surface area contributed by atoms with Crippen molar-refractivity contribution >= 4 is 5.69 Å². The molecule has 2 rings (SSSR count). The third-order valence-electron chi connectivity index (χ3n) is 3.78. The molecule has 1 saturated heterocycles. The monoisotopic (exact) mass is 261 g/mol. The molecule has 0 aromatic carbocycles. The number of pyridine rings is 1. The highest BCUT2D eigenvalue weighted by Gasteiger charge is 2.23. The van der Waals surface area contributed by atoms with Crippen LogP contribution in [-0.2, 0) is 6.54 Å². The maximum absolute atomic E-state index is 4.48. The fourth-order valence-corrected chi connectivity index (χ4v) is 2.70. The van der Waals surface area contributed by atoms with Crippen LogP contribution in [0.4, 0.5) is 5.69 Å². The first kappa shape index (κ1) is 14.3. The molecule has 19 heavy (non-hydrogen) atoms. The van der Waals surface area contributed by atoms with E-state index < -0.39 is 0 Å². The molecule has 2 heterocycles. The number of nitrogens with one attached hydrogen (secondary N) is 1. The molecule has 1 atom stereocenters. The molecule has 1 aromatic heterocycles. The van der Waals surface area contributed by atoms with E-state index in [0.29, 0.717) is 6.04 Å². The quantitative estimate of drug-likeness (QED) is 0.901. The minimum Gasteiger partial charge on any atom is -0.368 e. The van der Waals surface area contributed by atoms with Crippen LogP contribution in [0.2, 0.25) is 0 Å². The van der Waals surface area contributed by atoms with Crippen LogP contribution in [0, 0.1) is 0 Å². The van der Waals surface area contributed by atoms with Crippen molar-refractivity contribution in [2.24, 2.45) is 0 Å². The van der Waals surface area contributed by atoms with E-state index in [1.165, 1.54) is 31.5 Å². The maximum atomic E-state index is 4.48. The Kier molecular flexibility index (Phi) is 4.46. The lowest BCUT2D eigenvalue weighted by Gasteiger charge is -2.26. The third-order valence-corrected chi connectivity index (χ3v) is 3.78. The second-order valence-corrected chi connectivity index (χ2v) is 6.51. The van der Waals surface area contributed by atoms with Crippen molar-refractivity contribution in [3.05, 3.63) is 24.0 Å². The van der Waals surface area contributed by atoms with Gasteiger partial charge in [0.15, 0.2) is 0 Å². The van der Waals surface area contributed by atoms with E-state index in [2.05, 4.69) is 55.0 Å². The van der Waals surface area contributed by atoms with Crippen molar-refractivity contribution in [2.75, 3.05) is 11.4 Å². The summed E-state index contributed by atoms with van der Waals surface area (Å²) in [6.07, 6.45) is 5.82. The zero-order chi connectivity index (χ0) is 13.9. The molecule has 0 bridgehead atoms. The van der Waals surface area contributed by atoms with E-state index in [1.54, 1.807) is 0 Å². The van der Waals surface area contributed by atoms with Crippen molar-refractivity contribution in [3.8, 4) is 0 Å². The zero-order valence-electron chi connectivity index (χ0n) is 12.7. The number of anilines is 1. The van der Waals surface area contributed by atoms with Gasteiger partial charge in [0.2, 0.25) is 0 Å². The van der Waals surface area contributed by atoms with E-state index >= 15 is 0 Å². The third kappa shape index (κ3) is 3.93. The van der Waals surface area contributed by atoms with Crippen molar-refractivity contribution < 1.29 is 0 Å². The van der Waals surface area contributed by atoms with Gasteiger partial charge in [-0.2, -0.15) is 0 Å². The molecular formula is C16H27N3. The second-order valence-electron chi connectivity index (χ2n) is 6.51. The van der Waals surface area contributed by atoms with Crippen molar-refractivity contribution in [1.82, 2.24) is 10.3 Å². The van der Waals surface area contributed by atoms with E-state index in [-0.39, 0.29) is 5.54 Å². The lowest BCUT2D eigenvalue weighted by molar-refractivity contribution is 0.421. The van der Waals surface area contributed by atoms with Crippen LogP contribution in [0.15, 0.2) is 18.3 Å². The molecular weight excluding hydrogens is 234 g/mol. The van der Waals surface area contributed by atoms with Crippen LogP contribution in [0.1, 0.15) is 52.7 Å². The lowest BCUT2D eigenvalue weighted by atomic mass is 10.1. The van der Waals surface area contributed by atoms with Crippen LogP contribution in [-0.4, -0.2) is 23.1 Å². The molecule has 1 N–H and O–H groups in total. The summed E-state index contributed by atoms with van der Waals surface area (Å²) in [5.74, 6) is 0. The molecule has 1 unspecified atom stereocenters. The van der Waals surface area contributed by atoms with Crippen molar-refractivity contribution in [2.45, 2.75) is 65.1 Å². The summed E-state index contributed by atoms with van der Waals surface area (Å²) in [6.45, 7) is 10.9. The Bertz CT molecular complexity index is 409. The van der Waals surface area contributed by atoms with Gasteiger partial charge in [0, 0.05) is 36.6 Å². The van der Waals surface area contributed by atoms with Gasteiger partial charge >= 0.3 is 0 Å². The zero-order valence-corrected chi connectivity index (χ0v) is 12.7. The van der Waals surface area contributed by atoms with Gasteiger partial charge in [0.1, 0.15) is 0 Å². The molecule has 1 aromatic rings. The average Bonchev–Trinajstić information content (AvgIpc) is 2.84. The Morgan fingerprint density at radius 1 is 1.42 bits per heavy atom. The molecule has 1 fully saturated rings. The molecule has 0 amide bonds. The highest BCUT2D eigenvalue weighted by atomic mass is 15.2. The average molecular weight is 261 g/mol. The van der Waals surface area contributed by atoms with Crippen LogP contribution in [0.3, 0.4) is 0 Å². The normalized spacial score (nSPS) is 20.0. The van der Waals surface area contributed by atoms with Crippen molar-refractivity contribution in [1.29, 1.82) is 0 Å². The summed E-state index contributed by atoms with van der Waals surface area (Å²) in [5.41, 5.74) is 2.61. The topological polar surface area (TPSA) is 28.2 Å². The number of rotatable bonds is 4. The fraction of sp³-hybridized carbons (Fsp3) is 0.688. The molecule has 0 saturated carbocycles. The molecule has 106 valence electrons. The van der Waals surface area contributed by atoms with Crippen LogP contribution >= 0.6 is 0 Å². The van der Waals surface area contributed by atoms with Gasteiger partial charge in [-0.05, 0) is 52.2 Å². The summed E-state index contributed by atoms with van der Waals surface area (Å²) in [4.78, 5) is 7.02. The Morgan fingerprint density at radius 2 is 2.21 bits per heavy atom. The van der Waals surface area contributed by atoms with Crippen LogP contribution in [0.5, 0.6) is 0 Å². The summed E-state index contributed by atoms with van der Waals surface area (Å²) >= 11 is 0. The summed E-state index contributed by atoms with van der Waals surface area (Å²) in [5, 5.41) is 3.50. The Balaban J connectivity index is 2.06. The Hall–Kier alpha value is -1.09. The largest absolute Gasteiger partial charge is 0.368 e. The number of hydrogen-bond donors (Lipinski definition) is 1. The smallest absolute Gasteiger partial charge is 0.0562 e. The van der Waals surface area contributed by atoms with Crippen LogP contribution < -0.4 is 10.2 Å². The number of nitrogens with zero attached hydrogens (tertiary/aromatic N) is 2. The molecule has 1 aliphatic heterocycles. The van der Waals surface area contributed by atoms with Gasteiger partial charge in [-0.3, -0.25) is 4.98 Å². The van der Waals surface area contributed by atoms with Gasteiger partial charge in [-0.15, -0.1) is 0 Å². The summed E-state index contributed by atoms with van der Waals surface area (Å²) < 4.78 is 0. The lowest BCUT2D eigenvalue weighted by Crippen LogP contribution is -2.35. The highest BCUT2D eigenvalue weighted by Crippen LogP contribution is 2.27. The van der Waals surface area contributed by atoms with Gasteiger partial charge < -0.3 is 10.2 Å². The van der Waals surface area contributed by atoms with Gasteiger partial charge in [0.05, 0.1) is 5.69 Å². The summed E-state index contributed by atoms with van der Waals surface area (Å²) in [7, 11) is 0. The number of aromatic nitrogens is 1. The first-order valence-electron chi connectivity index (χ1n) is 7.46. The standard InChI is InChI=1S/C16H27N3/c1-5-14-7-6-10-19(14)15-8-9-17-13(11-15)12-18-16(2,3)4/h8-9,11,14,18H,5-7,10,12H2,1-4H3. The molecule has 3 heteroatoms. The highest BCUT2D eigenvalue weighted by molar-refractivity contribution is 5.48. The maximum Gasteiger partial charge on any atom is 0.0562 e. The van der Waals surface area contributed by atoms with E-state index in [0.717, 1.165) is 12.2 Å². The first-order valence-corrected chi connectivity index (χ1v) is 7.46. The Morgan fingerprint density at radius 3 is 2.89 bits per heavy atom. The van der Waals surface area contributed by atoms with Gasteiger partial charge in [-0.25, -0.2) is 0 Å². The molecule has 1 aliphatic rings. The van der Waals surface area contributed by atoms with E-state index in [1.807, 2.05) is 6.20 Å². The fourth-order valence-electron chi connectivity index (χ4n) is 2.70. The second kappa shape index (κ2) is 5.91.